The minimum absolute atomic E-state index is 0.119. The Labute approximate surface area is 133 Å². The predicted octanol–water partition coefficient (Wildman–Crippen LogP) is 2.08. The first kappa shape index (κ1) is 15.1. The molecule has 2 N–H and O–H groups in total. The Balaban J connectivity index is 2.05. The molecule has 7 heteroatoms. The first-order chi connectivity index (χ1) is 11.1. The third-order valence-corrected chi connectivity index (χ3v) is 3.71. The molecule has 3 rings (SSSR count). The fourth-order valence-electron chi connectivity index (χ4n) is 2.70. The van der Waals surface area contributed by atoms with Gasteiger partial charge in [-0.2, -0.15) is 10.1 Å². The van der Waals surface area contributed by atoms with E-state index in [0.717, 1.165) is 12.0 Å². The smallest absolute Gasteiger partial charge is 0.317 e. The highest BCUT2D eigenvalue weighted by Gasteiger charge is 2.40. The molecule has 0 unspecified atom stereocenters. The van der Waals surface area contributed by atoms with Gasteiger partial charge in [-0.05, 0) is 24.1 Å². The summed E-state index contributed by atoms with van der Waals surface area (Å²) in [4.78, 5) is 16.6. The highest BCUT2D eigenvalue weighted by molar-refractivity contribution is 5.79. The second kappa shape index (κ2) is 6.12. The normalized spacial score (nSPS) is 19.8. The topological polar surface area (TPSA) is 89.3 Å². The van der Waals surface area contributed by atoms with Crippen molar-refractivity contribution in [3.8, 4) is 5.75 Å². The number of benzene rings is 1. The van der Waals surface area contributed by atoms with Crippen LogP contribution >= 0.6 is 0 Å². The lowest BCUT2D eigenvalue weighted by atomic mass is 9.89. The van der Waals surface area contributed by atoms with E-state index in [1.165, 1.54) is 6.33 Å². The van der Waals surface area contributed by atoms with Gasteiger partial charge in [-0.15, -0.1) is 0 Å². The van der Waals surface area contributed by atoms with Crippen LogP contribution in [0.2, 0.25) is 0 Å². The van der Waals surface area contributed by atoms with E-state index in [1.807, 2.05) is 13.0 Å². The van der Waals surface area contributed by atoms with Crippen LogP contribution in [0, 0.1) is 5.92 Å². The van der Waals surface area contributed by atoms with E-state index in [-0.39, 0.29) is 11.7 Å². The number of fused-ring (bicyclic) bond motifs is 1. The Bertz CT molecular complexity index is 740. The van der Waals surface area contributed by atoms with E-state index in [9.17, 15) is 9.90 Å². The largest absolute Gasteiger partial charge is 0.508 e. The second-order valence-corrected chi connectivity index (χ2v) is 5.36. The first-order valence-corrected chi connectivity index (χ1v) is 7.42. The summed E-state index contributed by atoms with van der Waals surface area (Å²) in [6.45, 7) is 6.23. The molecule has 0 fully saturated rings. The maximum absolute atomic E-state index is 12.5. The summed E-state index contributed by atoms with van der Waals surface area (Å²) in [6, 6.07) is 6.26. The number of hydrogen-bond acceptors (Lipinski definition) is 6. The van der Waals surface area contributed by atoms with Gasteiger partial charge in [0.15, 0.2) is 0 Å². The van der Waals surface area contributed by atoms with Gasteiger partial charge >= 0.3 is 5.97 Å². The number of phenols is 1. The van der Waals surface area contributed by atoms with E-state index >= 15 is 0 Å². The number of anilines is 1. The third kappa shape index (κ3) is 2.77. The maximum atomic E-state index is 12.5. The van der Waals surface area contributed by atoms with Crippen molar-refractivity contribution in [2.45, 2.75) is 19.4 Å². The zero-order valence-electron chi connectivity index (χ0n) is 12.8. The lowest BCUT2D eigenvalue weighted by Crippen LogP contribution is -2.37. The molecule has 2 aromatic rings. The Kier molecular flexibility index (Phi) is 4.01. The SMILES string of the molecule is C=C1Nc2ncnn2[C@@H](c2cccc(O)c2)[C@@H]1C(=O)OCCC. The van der Waals surface area contributed by atoms with E-state index < -0.39 is 12.0 Å². The Morgan fingerprint density at radius 1 is 1.52 bits per heavy atom. The molecule has 1 aliphatic rings. The van der Waals surface area contributed by atoms with Crippen molar-refractivity contribution in [1.82, 2.24) is 14.8 Å². The van der Waals surface area contributed by atoms with Crippen LogP contribution in [0.3, 0.4) is 0 Å². The number of aromatic hydroxyl groups is 1. The van der Waals surface area contributed by atoms with Crippen molar-refractivity contribution >= 4 is 11.9 Å². The molecule has 2 atom stereocenters. The molecular formula is C16H18N4O3. The Morgan fingerprint density at radius 2 is 2.35 bits per heavy atom. The molecule has 0 saturated carbocycles. The molecule has 0 amide bonds. The van der Waals surface area contributed by atoms with Gasteiger partial charge < -0.3 is 15.2 Å². The monoisotopic (exact) mass is 314 g/mol. The summed E-state index contributed by atoms with van der Waals surface area (Å²) in [5.41, 5.74) is 1.23. The van der Waals surface area contributed by atoms with Gasteiger partial charge in [-0.25, -0.2) is 4.68 Å². The number of rotatable bonds is 4. The van der Waals surface area contributed by atoms with E-state index in [0.29, 0.717) is 18.3 Å². The van der Waals surface area contributed by atoms with Crippen molar-refractivity contribution in [3.63, 3.8) is 0 Å². The van der Waals surface area contributed by atoms with Gasteiger partial charge in [-0.1, -0.05) is 25.6 Å². The molecule has 0 saturated heterocycles. The fourth-order valence-corrected chi connectivity index (χ4v) is 2.70. The fraction of sp³-hybridized carbons (Fsp3) is 0.312. The standard InChI is InChI=1S/C16H18N4O3/c1-3-7-23-15(22)13-10(2)19-16-17-9-18-20(16)14(13)11-5-4-6-12(21)8-11/h4-6,8-9,13-14,21H,2-3,7H2,1H3,(H,17,18,19)/t13-,14+/m1/s1. The highest BCUT2D eigenvalue weighted by Crippen LogP contribution is 2.38. The van der Waals surface area contributed by atoms with Crippen molar-refractivity contribution in [3.05, 3.63) is 48.4 Å². The number of carbonyl (C=O) groups is 1. The quantitative estimate of drug-likeness (QED) is 0.840. The van der Waals surface area contributed by atoms with Crippen LogP contribution in [0.1, 0.15) is 24.9 Å². The number of nitrogens with one attached hydrogen (secondary N) is 1. The summed E-state index contributed by atoms with van der Waals surface area (Å²) in [5, 5.41) is 17.0. The molecule has 120 valence electrons. The van der Waals surface area contributed by atoms with Crippen molar-refractivity contribution in [1.29, 1.82) is 0 Å². The van der Waals surface area contributed by atoms with Crippen molar-refractivity contribution < 1.29 is 14.6 Å². The van der Waals surface area contributed by atoms with Crippen LogP contribution in [0.25, 0.3) is 0 Å². The molecule has 23 heavy (non-hydrogen) atoms. The lowest BCUT2D eigenvalue weighted by Gasteiger charge is -2.33. The van der Waals surface area contributed by atoms with Gasteiger partial charge in [0.2, 0.25) is 5.95 Å². The predicted molar refractivity (Wildman–Crippen MR) is 83.8 cm³/mol. The Morgan fingerprint density at radius 3 is 3.09 bits per heavy atom. The average molecular weight is 314 g/mol. The Hall–Kier alpha value is -2.83. The van der Waals surface area contributed by atoms with Crippen LogP contribution in [-0.4, -0.2) is 32.4 Å². The number of ether oxygens (including phenoxy) is 1. The summed E-state index contributed by atoms with van der Waals surface area (Å²) in [5.74, 6) is -0.409. The molecule has 0 bridgehead atoms. The third-order valence-electron chi connectivity index (χ3n) is 3.71. The molecule has 0 radical (unpaired) electrons. The van der Waals surface area contributed by atoms with Crippen LogP contribution in [-0.2, 0) is 9.53 Å². The summed E-state index contributed by atoms with van der Waals surface area (Å²) in [6.07, 6.45) is 2.15. The molecule has 2 heterocycles. The van der Waals surface area contributed by atoms with Crippen LogP contribution in [0.5, 0.6) is 5.75 Å². The summed E-state index contributed by atoms with van der Waals surface area (Å²) < 4.78 is 6.92. The van der Waals surface area contributed by atoms with Gasteiger partial charge in [0.05, 0.1) is 12.6 Å². The first-order valence-electron chi connectivity index (χ1n) is 7.42. The van der Waals surface area contributed by atoms with Gasteiger partial charge in [-0.3, -0.25) is 4.79 Å². The average Bonchev–Trinajstić information content (AvgIpc) is 2.99. The summed E-state index contributed by atoms with van der Waals surface area (Å²) in [7, 11) is 0. The molecule has 1 aromatic heterocycles. The minimum atomic E-state index is -0.655. The summed E-state index contributed by atoms with van der Waals surface area (Å²) >= 11 is 0. The number of esters is 1. The van der Waals surface area contributed by atoms with Crippen molar-refractivity contribution in [2.75, 3.05) is 11.9 Å². The van der Waals surface area contributed by atoms with Crippen LogP contribution < -0.4 is 5.32 Å². The molecule has 7 nitrogen and oxygen atoms in total. The number of aromatic nitrogens is 3. The highest BCUT2D eigenvalue weighted by atomic mass is 16.5. The zero-order chi connectivity index (χ0) is 16.4. The lowest BCUT2D eigenvalue weighted by molar-refractivity contribution is -0.148. The molecule has 0 spiro atoms. The number of phenolic OH excluding ortho intramolecular Hbond substituents is 1. The van der Waals surface area contributed by atoms with E-state index in [4.69, 9.17) is 4.74 Å². The van der Waals surface area contributed by atoms with E-state index in [1.54, 1.807) is 22.9 Å². The van der Waals surface area contributed by atoms with Gasteiger partial charge in [0.25, 0.3) is 0 Å². The van der Waals surface area contributed by atoms with Gasteiger partial charge in [0, 0.05) is 5.70 Å². The zero-order valence-corrected chi connectivity index (χ0v) is 12.8. The van der Waals surface area contributed by atoms with E-state index in [2.05, 4.69) is 22.0 Å². The number of carbonyl (C=O) groups excluding carboxylic acids is 1. The van der Waals surface area contributed by atoms with Crippen molar-refractivity contribution in [2.24, 2.45) is 5.92 Å². The molecule has 1 aliphatic heterocycles. The molecular weight excluding hydrogens is 296 g/mol. The number of nitrogens with zero attached hydrogens (tertiary/aromatic N) is 3. The molecule has 1 aromatic carbocycles. The van der Waals surface area contributed by atoms with Gasteiger partial charge in [0.1, 0.15) is 18.0 Å². The number of hydrogen-bond donors (Lipinski definition) is 2. The van der Waals surface area contributed by atoms with Crippen LogP contribution in [0.4, 0.5) is 5.95 Å². The minimum Gasteiger partial charge on any atom is -0.508 e. The maximum Gasteiger partial charge on any atom is 0.317 e. The molecule has 0 aliphatic carbocycles. The van der Waals surface area contributed by atoms with Crippen LogP contribution in [0.15, 0.2) is 42.9 Å². The second-order valence-electron chi connectivity index (χ2n) is 5.36.